The molecule has 3 nitrogen and oxygen atoms in total. The summed E-state index contributed by atoms with van der Waals surface area (Å²) in [5.74, 6) is 1.99. The van der Waals surface area contributed by atoms with Crippen molar-refractivity contribution in [2.75, 3.05) is 0 Å². The summed E-state index contributed by atoms with van der Waals surface area (Å²) in [5, 5.41) is 0. The molecule has 17 heavy (non-hydrogen) atoms. The molecule has 0 fully saturated rings. The average Bonchev–Trinajstić information content (AvgIpc) is 3.02. The van der Waals surface area contributed by atoms with Crippen LogP contribution < -0.4 is 0 Å². The second-order valence-electron chi connectivity index (χ2n) is 4.13. The maximum atomic E-state index is 5.75. The summed E-state index contributed by atoms with van der Waals surface area (Å²) in [7, 11) is 0. The second-order valence-corrected chi connectivity index (χ2v) is 4.13. The molecule has 0 radical (unpaired) electrons. The van der Waals surface area contributed by atoms with Crippen molar-refractivity contribution in [3.8, 4) is 0 Å². The minimum atomic E-state index is 0.105. The monoisotopic (exact) mass is 226 g/mol. The second kappa shape index (κ2) is 4.01. The predicted molar refractivity (Wildman–Crippen MR) is 66.0 cm³/mol. The first kappa shape index (κ1) is 10.0. The highest BCUT2D eigenvalue weighted by Gasteiger charge is 2.21. The van der Waals surface area contributed by atoms with Gasteiger partial charge in [-0.25, -0.2) is 0 Å². The number of aryl methyl sites for hydroxylation is 1. The Labute approximate surface area is 99.5 Å². The molecular formula is C14H14N2O. The Kier molecular flexibility index (Phi) is 2.37. The van der Waals surface area contributed by atoms with Gasteiger partial charge in [-0.1, -0.05) is 0 Å². The summed E-state index contributed by atoms with van der Waals surface area (Å²) in [5.41, 5.74) is 2.25. The zero-order chi connectivity index (χ0) is 11.7. The first-order valence-electron chi connectivity index (χ1n) is 5.67. The SMILES string of the molecule is Cc1ccc(C(c2ccc[nH]2)c2ccc[nH]2)o1. The molecule has 3 aromatic heterocycles. The van der Waals surface area contributed by atoms with Gasteiger partial charge in [0.25, 0.3) is 0 Å². The molecule has 0 aliphatic rings. The summed E-state index contributed by atoms with van der Waals surface area (Å²) in [6, 6.07) is 12.2. The number of nitrogens with one attached hydrogen (secondary N) is 2. The standard InChI is InChI=1S/C14H14N2O/c1-10-6-7-13(17-10)14(11-4-2-8-15-11)12-5-3-9-16-12/h2-9,14-16H,1H3. The molecule has 0 aromatic carbocycles. The number of furan rings is 1. The molecule has 0 spiro atoms. The first-order valence-corrected chi connectivity index (χ1v) is 5.67. The first-order chi connectivity index (χ1) is 8.34. The van der Waals surface area contributed by atoms with Gasteiger partial charge in [0.05, 0.1) is 5.92 Å². The fraction of sp³-hybridized carbons (Fsp3) is 0.143. The van der Waals surface area contributed by atoms with E-state index in [1.54, 1.807) is 0 Å². The minimum absolute atomic E-state index is 0.105. The maximum Gasteiger partial charge on any atom is 0.119 e. The Morgan fingerprint density at radius 2 is 1.59 bits per heavy atom. The largest absolute Gasteiger partial charge is 0.465 e. The van der Waals surface area contributed by atoms with E-state index in [-0.39, 0.29) is 5.92 Å². The summed E-state index contributed by atoms with van der Waals surface area (Å²) in [6.07, 6.45) is 3.86. The van der Waals surface area contributed by atoms with Crippen LogP contribution in [-0.4, -0.2) is 9.97 Å². The topological polar surface area (TPSA) is 44.7 Å². The van der Waals surface area contributed by atoms with Gasteiger partial charge in [0.1, 0.15) is 11.5 Å². The quantitative estimate of drug-likeness (QED) is 0.706. The van der Waals surface area contributed by atoms with E-state index in [1.807, 2.05) is 43.6 Å². The molecule has 86 valence electrons. The number of aromatic nitrogens is 2. The molecule has 3 heterocycles. The lowest BCUT2D eigenvalue weighted by Crippen LogP contribution is -2.02. The maximum absolute atomic E-state index is 5.75. The van der Waals surface area contributed by atoms with E-state index in [9.17, 15) is 0 Å². The van der Waals surface area contributed by atoms with Crippen LogP contribution in [0.4, 0.5) is 0 Å². The Balaban J connectivity index is 2.09. The molecule has 0 saturated carbocycles. The summed E-state index contributed by atoms with van der Waals surface area (Å²) >= 11 is 0. The molecule has 0 unspecified atom stereocenters. The van der Waals surface area contributed by atoms with Crippen molar-refractivity contribution in [2.24, 2.45) is 0 Å². The molecular weight excluding hydrogens is 212 g/mol. The smallest absolute Gasteiger partial charge is 0.119 e. The van der Waals surface area contributed by atoms with Crippen molar-refractivity contribution in [2.45, 2.75) is 12.8 Å². The van der Waals surface area contributed by atoms with Crippen LogP contribution in [-0.2, 0) is 0 Å². The molecule has 0 atom stereocenters. The Hall–Kier alpha value is -2.16. The molecule has 3 heteroatoms. The molecule has 0 aliphatic heterocycles. The van der Waals surface area contributed by atoms with E-state index in [0.29, 0.717) is 0 Å². The van der Waals surface area contributed by atoms with E-state index >= 15 is 0 Å². The van der Waals surface area contributed by atoms with E-state index in [4.69, 9.17) is 4.42 Å². The van der Waals surface area contributed by atoms with Crippen molar-refractivity contribution in [3.63, 3.8) is 0 Å². The van der Waals surface area contributed by atoms with Crippen LogP contribution in [0.25, 0.3) is 0 Å². The molecule has 0 bridgehead atoms. The van der Waals surface area contributed by atoms with Crippen molar-refractivity contribution in [3.05, 3.63) is 71.7 Å². The number of aromatic amines is 2. The van der Waals surface area contributed by atoms with Crippen LogP contribution in [0.15, 0.2) is 53.2 Å². The van der Waals surface area contributed by atoms with Gasteiger partial charge in [0.2, 0.25) is 0 Å². The van der Waals surface area contributed by atoms with Crippen LogP contribution in [0.5, 0.6) is 0 Å². The van der Waals surface area contributed by atoms with Crippen LogP contribution in [0.1, 0.15) is 28.8 Å². The van der Waals surface area contributed by atoms with Crippen molar-refractivity contribution >= 4 is 0 Å². The van der Waals surface area contributed by atoms with Crippen LogP contribution >= 0.6 is 0 Å². The van der Waals surface area contributed by atoms with Gasteiger partial charge in [-0.05, 0) is 43.3 Å². The molecule has 2 N–H and O–H groups in total. The molecule has 0 aliphatic carbocycles. The lowest BCUT2D eigenvalue weighted by atomic mass is 9.99. The Morgan fingerprint density at radius 3 is 2.00 bits per heavy atom. The lowest BCUT2D eigenvalue weighted by molar-refractivity contribution is 0.474. The van der Waals surface area contributed by atoms with Crippen LogP contribution in [0, 0.1) is 6.92 Å². The van der Waals surface area contributed by atoms with Crippen LogP contribution in [0.3, 0.4) is 0 Å². The third-order valence-corrected chi connectivity index (χ3v) is 2.91. The van der Waals surface area contributed by atoms with E-state index in [2.05, 4.69) is 22.1 Å². The third kappa shape index (κ3) is 1.80. The van der Waals surface area contributed by atoms with Crippen molar-refractivity contribution in [1.82, 2.24) is 9.97 Å². The third-order valence-electron chi connectivity index (χ3n) is 2.91. The highest BCUT2D eigenvalue weighted by molar-refractivity contribution is 5.33. The molecule has 3 rings (SSSR count). The van der Waals surface area contributed by atoms with E-state index in [1.165, 1.54) is 0 Å². The Morgan fingerprint density at radius 1 is 0.941 bits per heavy atom. The molecule has 0 amide bonds. The fourth-order valence-corrected chi connectivity index (χ4v) is 2.13. The average molecular weight is 226 g/mol. The fourth-order valence-electron chi connectivity index (χ4n) is 2.13. The van der Waals surface area contributed by atoms with Gasteiger partial charge >= 0.3 is 0 Å². The van der Waals surface area contributed by atoms with E-state index < -0.39 is 0 Å². The van der Waals surface area contributed by atoms with Gasteiger partial charge in [-0.2, -0.15) is 0 Å². The zero-order valence-electron chi connectivity index (χ0n) is 9.60. The summed E-state index contributed by atoms with van der Waals surface area (Å²) in [6.45, 7) is 1.96. The highest BCUT2D eigenvalue weighted by atomic mass is 16.3. The van der Waals surface area contributed by atoms with Gasteiger partial charge in [0.15, 0.2) is 0 Å². The Bertz CT molecular complexity index is 541. The van der Waals surface area contributed by atoms with E-state index in [0.717, 1.165) is 22.9 Å². The molecule has 3 aromatic rings. The molecule has 0 saturated heterocycles. The van der Waals surface area contributed by atoms with Crippen molar-refractivity contribution < 1.29 is 4.42 Å². The highest BCUT2D eigenvalue weighted by Crippen LogP contribution is 2.30. The number of hydrogen-bond donors (Lipinski definition) is 2. The predicted octanol–water partition coefficient (Wildman–Crippen LogP) is 3.42. The van der Waals surface area contributed by atoms with Crippen LogP contribution in [0.2, 0.25) is 0 Å². The zero-order valence-corrected chi connectivity index (χ0v) is 9.60. The number of rotatable bonds is 3. The van der Waals surface area contributed by atoms with Gasteiger partial charge < -0.3 is 14.4 Å². The van der Waals surface area contributed by atoms with Gasteiger partial charge in [-0.15, -0.1) is 0 Å². The normalized spacial score (nSPS) is 11.2. The van der Waals surface area contributed by atoms with Gasteiger partial charge in [-0.3, -0.25) is 0 Å². The number of H-pyrrole nitrogens is 2. The van der Waals surface area contributed by atoms with Gasteiger partial charge in [0, 0.05) is 23.8 Å². The minimum Gasteiger partial charge on any atom is -0.465 e. The number of hydrogen-bond acceptors (Lipinski definition) is 1. The summed E-state index contributed by atoms with van der Waals surface area (Å²) in [4.78, 5) is 6.51. The lowest BCUT2D eigenvalue weighted by Gasteiger charge is -2.11. The summed E-state index contributed by atoms with van der Waals surface area (Å²) < 4.78 is 5.75. The van der Waals surface area contributed by atoms with Crippen molar-refractivity contribution in [1.29, 1.82) is 0 Å².